The van der Waals surface area contributed by atoms with Crippen LogP contribution in [0.5, 0.6) is 0 Å². The molecule has 0 spiro atoms. The molecule has 154 valence electrons. The van der Waals surface area contributed by atoms with Crippen LogP contribution in [-0.2, 0) is 4.79 Å². The van der Waals surface area contributed by atoms with Crippen LogP contribution in [0.4, 0.5) is 16.7 Å². The van der Waals surface area contributed by atoms with Gasteiger partial charge in [-0.05, 0) is 12.8 Å². The van der Waals surface area contributed by atoms with Crippen LogP contribution in [0.1, 0.15) is 53.9 Å². The number of aromatic nitrogens is 4. The average Bonchev–Trinajstić information content (AvgIpc) is 2.63. The molecule has 0 aliphatic rings. The summed E-state index contributed by atoms with van der Waals surface area (Å²) in [7, 11) is 0. The fraction of sp³-hybridized carbons (Fsp3) is 0.733. The van der Waals surface area contributed by atoms with Gasteiger partial charge in [0.1, 0.15) is 0 Å². The smallest absolute Gasteiger partial charge is 0.333 e. The van der Waals surface area contributed by atoms with Gasteiger partial charge in [-0.25, -0.2) is 16.1 Å². The topological polar surface area (TPSA) is 172 Å². The Kier molecular flexibility index (Phi) is 12.1. The van der Waals surface area contributed by atoms with E-state index < -0.39 is 11.4 Å². The van der Waals surface area contributed by atoms with Crippen molar-refractivity contribution in [3.63, 3.8) is 0 Å². The highest BCUT2D eigenvalue weighted by atomic mass is 16.2. The summed E-state index contributed by atoms with van der Waals surface area (Å²) in [6.07, 6.45) is 2.74. The van der Waals surface area contributed by atoms with Gasteiger partial charge in [0.05, 0.1) is 0 Å². The number of carbonyl (C=O) groups is 2. The Bertz CT molecular complexity index is 545. The molecular weight excluding hydrogens is 352 g/mol. The quantitative estimate of drug-likeness (QED) is 0.212. The molecule has 1 aromatic rings. The largest absolute Gasteiger partial charge is 0.356 e. The Balaban J connectivity index is 0.00000210. The summed E-state index contributed by atoms with van der Waals surface area (Å²) in [6.45, 7) is 10.9. The second-order valence-corrected chi connectivity index (χ2v) is 6.62. The Labute approximate surface area is 159 Å². The van der Waals surface area contributed by atoms with Crippen LogP contribution in [0, 0.1) is 5.41 Å². The summed E-state index contributed by atoms with van der Waals surface area (Å²) in [4.78, 5) is 23.2. The van der Waals surface area contributed by atoms with Crippen molar-refractivity contribution < 1.29 is 9.59 Å². The number of nitrogens with one attached hydrogen (secondary N) is 5. The minimum atomic E-state index is -0.446. The lowest BCUT2D eigenvalue weighted by atomic mass is 9.96. The molecule has 1 rings (SSSR count). The monoisotopic (exact) mass is 384 g/mol. The van der Waals surface area contributed by atoms with Crippen molar-refractivity contribution in [2.24, 2.45) is 11.3 Å². The number of rotatable bonds is 8. The van der Waals surface area contributed by atoms with Gasteiger partial charge in [0.2, 0.25) is 5.91 Å². The van der Waals surface area contributed by atoms with Crippen LogP contribution in [0.15, 0.2) is 0 Å². The summed E-state index contributed by atoms with van der Waals surface area (Å²) in [5.74, 6) is 5.16. The summed E-state index contributed by atoms with van der Waals surface area (Å²) >= 11 is 0. The minimum absolute atomic E-state index is 0.00970. The number of hydrogen-bond donors (Lipinski definition) is 6. The van der Waals surface area contributed by atoms with E-state index in [0.29, 0.717) is 13.1 Å². The molecule has 0 saturated heterocycles. The molecule has 3 amide bonds. The fourth-order valence-corrected chi connectivity index (χ4v) is 1.41. The number of nitrogens with two attached hydrogens (primary N) is 1. The van der Waals surface area contributed by atoms with Crippen LogP contribution in [0.25, 0.3) is 0 Å². The molecule has 0 unspecified atom stereocenters. The van der Waals surface area contributed by atoms with Crippen molar-refractivity contribution in [2.75, 3.05) is 23.9 Å². The normalized spacial score (nSPS) is 10.1. The number of nitrogens with zero attached hydrogens (tertiary/aromatic N) is 4. The maximum absolute atomic E-state index is 11.6. The summed E-state index contributed by atoms with van der Waals surface area (Å²) in [6, 6.07) is -0.446. The molecule has 0 saturated carbocycles. The molecule has 12 heteroatoms. The van der Waals surface area contributed by atoms with Gasteiger partial charge >= 0.3 is 6.03 Å². The molecule has 27 heavy (non-hydrogen) atoms. The number of urea groups is 1. The number of nitrogen functional groups attached to an aromatic ring is 1. The summed E-state index contributed by atoms with van der Waals surface area (Å²) in [5.41, 5.74) is 6.57. The lowest BCUT2D eigenvalue weighted by Gasteiger charge is -2.17. The first-order chi connectivity index (χ1) is 12.7. The average molecular weight is 384 g/mol. The molecule has 0 atom stereocenters. The van der Waals surface area contributed by atoms with Crippen LogP contribution in [0.3, 0.4) is 0 Å². The van der Waals surface area contributed by atoms with Gasteiger partial charge in [-0.2, -0.15) is 0 Å². The molecular formula is C15H32N10O2. The second kappa shape index (κ2) is 13.4. The van der Waals surface area contributed by atoms with Crippen LogP contribution in [0.2, 0.25) is 0 Å². The zero-order valence-electron chi connectivity index (χ0n) is 16.7. The first-order valence-electron chi connectivity index (χ1n) is 8.86. The molecule has 0 aromatic carbocycles. The van der Waals surface area contributed by atoms with Gasteiger partial charge in [-0.15, -0.1) is 20.4 Å². The van der Waals surface area contributed by atoms with Crippen LogP contribution >= 0.6 is 0 Å². The van der Waals surface area contributed by atoms with E-state index in [1.54, 1.807) is 0 Å². The maximum Gasteiger partial charge on any atom is 0.333 e. The van der Waals surface area contributed by atoms with Crippen molar-refractivity contribution >= 4 is 23.8 Å². The SMILES string of the molecule is CC(C)(C)C(=O)NCCCCNC(=O)NNc1nnc(NN)nn1.CCC. The molecule has 7 N–H and O–H groups in total. The maximum atomic E-state index is 11.6. The van der Waals surface area contributed by atoms with E-state index in [9.17, 15) is 9.59 Å². The van der Waals surface area contributed by atoms with E-state index in [1.807, 2.05) is 20.8 Å². The Morgan fingerprint density at radius 3 is 1.89 bits per heavy atom. The molecule has 0 aliphatic carbocycles. The fourth-order valence-electron chi connectivity index (χ4n) is 1.41. The minimum Gasteiger partial charge on any atom is -0.356 e. The van der Waals surface area contributed by atoms with Gasteiger partial charge in [0, 0.05) is 18.5 Å². The van der Waals surface area contributed by atoms with E-state index in [0.717, 1.165) is 12.8 Å². The second-order valence-electron chi connectivity index (χ2n) is 6.62. The molecule has 1 aromatic heterocycles. The van der Waals surface area contributed by atoms with E-state index >= 15 is 0 Å². The van der Waals surface area contributed by atoms with E-state index in [1.165, 1.54) is 6.42 Å². The Morgan fingerprint density at radius 1 is 0.926 bits per heavy atom. The first-order valence-corrected chi connectivity index (χ1v) is 8.86. The highest BCUT2D eigenvalue weighted by Gasteiger charge is 2.20. The van der Waals surface area contributed by atoms with Crippen molar-refractivity contribution in [3.8, 4) is 0 Å². The molecule has 0 radical (unpaired) electrons. The van der Waals surface area contributed by atoms with Crippen molar-refractivity contribution in [2.45, 2.75) is 53.9 Å². The predicted octanol–water partition coefficient (Wildman–Crippen LogP) is 0.537. The summed E-state index contributed by atoms with van der Waals surface area (Å²) in [5, 5.41) is 19.9. The number of hydrogen-bond acceptors (Lipinski definition) is 9. The van der Waals surface area contributed by atoms with Crippen molar-refractivity contribution in [1.29, 1.82) is 0 Å². The number of anilines is 2. The molecule has 12 nitrogen and oxygen atoms in total. The third-order valence-corrected chi connectivity index (χ3v) is 2.75. The Hall–Kier alpha value is -2.76. The highest BCUT2D eigenvalue weighted by molar-refractivity contribution is 5.81. The summed E-state index contributed by atoms with van der Waals surface area (Å²) < 4.78 is 0. The van der Waals surface area contributed by atoms with Gasteiger partial charge in [0.25, 0.3) is 11.9 Å². The standard InChI is InChI=1S/C12H24N10O2.C3H8/c1-12(2,3)8(23)14-6-4-5-7-15-11(24)22-21-10-19-17-9(16-13)18-20-10;1-3-2/h4-7,13H2,1-3H3,(H,14,23)(H2,15,22,24)(H,16,17,18)(H,19,20,21);3H2,1-2H3. The first kappa shape index (κ1) is 24.2. The van der Waals surface area contributed by atoms with Crippen molar-refractivity contribution in [1.82, 2.24) is 36.5 Å². The van der Waals surface area contributed by atoms with E-state index in [-0.39, 0.29) is 17.8 Å². The zero-order chi connectivity index (χ0) is 20.7. The van der Waals surface area contributed by atoms with Gasteiger partial charge in [0.15, 0.2) is 0 Å². The molecule has 0 fully saturated rings. The van der Waals surface area contributed by atoms with Crippen LogP contribution in [-0.4, -0.2) is 45.4 Å². The number of unbranched alkanes of at least 4 members (excludes halogenated alkanes) is 1. The lowest BCUT2D eigenvalue weighted by Crippen LogP contribution is -2.40. The highest BCUT2D eigenvalue weighted by Crippen LogP contribution is 2.12. The van der Waals surface area contributed by atoms with Gasteiger partial charge < -0.3 is 10.6 Å². The van der Waals surface area contributed by atoms with E-state index in [2.05, 4.69) is 61.2 Å². The van der Waals surface area contributed by atoms with Gasteiger partial charge in [-0.3, -0.25) is 15.6 Å². The van der Waals surface area contributed by atoms with Crippen molar-refractivity contribution in [3.05, 3.63) is 0 Å². The van der Waals surface area contributed by atoms with Gasteiger partial charge in [-0.1, -0.05) is 41.0 Å². The number of carbonyl (C=O) groups excluding carboxylic acids is 2. The molecule has 0 bridgehead atoms. The number of hydrazine groups is 2. The molecule has 0 aliphatic heterocycles. The zero-order valence-corrected chi connectivity index (χ0v) is 16.7. The molecule has 1 heterocycles. The number of amides is 3. The van der Waals surface area contributed by atoms with E-state index in [4.69, 9.17) is 5.84 Å². The third-order valence-electron chi connectivity index (χ3n) is 2.75. The predicted molar refractivity (Wildman–Crippen MR) is 103 cm³/mol. The Morgan fingerprint density at radius 2 is 1.41 bits per heavy atom. The third kappa shape index (κ3) is 12.3. The lowest BCUT2D eigenvalue weighted by molar-refractivity contribution is -0.128. The van der Waals surface area contributed by atoms with Crippen LogP contribution < -0.4 is 32.8 Å².